The minimum absolute atomic E-state index is 0.0290. The molecule has 1 aromatic carbocycles. The molecule has 21 heavy (non-hydrogen) atoms. The normalized spacial score (nSPS) is 16.6. The van der Waals surface area contributed by atoms with Crippen LogP contribution in [0.5, 0.6) is 0 Å². The Morgan fingerprint density at radius 2 is 1.95 bits per heavy atom. The predicted octanol–water partition coefficient (Wildman–Crippen LogP) is 3.45. The number of nitrogens with one attached hydrogen (secondary N) is 1. The monoisotopic (exact) mass is 288 g/mol. The summed E-state index contributed by atoms with van der Waals surface area (Å²) in [6.45, 7) is 0. The summed E-state index contributed by atoms with van der Waals surface area (Å²) >= 11 is 0. The van der Waals surface area contributed by atoms with Gasteiger partial charge in [-0.1, -0.05) is 37.8 Å². The van der Waals surface area contributed by atoms with Gasteiger partial charge in [0.1, 0.15) is 0 Å². The fourth-order valence-corrected chi connectivity index (χ4v) is 2.59. The maximum atomic E-state index is 11.9. The second-order valence-electron chi connectivity index (χ2n) is 5.38. The fourth-order valence-electron chi connectivity index (χ4n) is 2.59. The van der Waals surface area contributed by atoms with Gasteiger partial charge in [0.15, 0.2) is 0 Å². The number of rotatable bonds is 4. The van der Waals surface area contributed by atoms with Crippen LogP contribution >= 0.6 is 0 Å². The zero-order valence-electron chi connectivity index (χ0n) is 12.0. The van der Waals surface area contributed by atoms with E-state index in [0.717, 1.165) is 12.8 Å². The van der Waals surface area contributed by atoms with E-state index in [1.165, 1.54) is 43.9 Å². The van der Waals surface area contributed by atoms with Gasteiger partial charge >= 0.3 is 0 Å². The Kier molecular flexibility index (Phi) is 5.49. The summed E-state index contributed by atoms with van der Waals surface area (Å²) in [6, 6.07) is 6.50. The van der Waals surface area contributed by atoms with Crippen molar-refractivity contribution in [1.29, 1.82) is 0 Å². The van der Waals surface area contributed by atoms with Gasteiger partial charge in [-0.15, -0.1) is 0 Å². The molecule has 1 N–H and O–H groups in total. The second kappa shape index (κ2) is 7.57. The highest BCUT2D eigenvalue weighted by atomic mass is 16.6. The van der Waals surface area contributed by atoms with Crippen molar-refractivity contribution in [3.63, 3.8) is 0 Å². The lowest BCUT2D eigenvalue weighted by Gasteiger charge is -2.14. The summed E-state index contributed by atoms with van der Waals surface area (Å²) in [7, 11) is 0. The van der Waals surface area contributed by atoms with Crippen LogP contribution in [0, 0.1) is 10.1 Å². The SMILES string of the molecule is O=C(C=Cc1cccc([N+](=O)[O-])c1)NC1CCCCCC1. The third-order valence-corrected chi connectivity index (χ3v) is 3.71. The molecule has 0 unspecified atom stereocenters. The Labute approximate surface area is 124 Å². The van der Waals surface area contributed by atoms with E-state index in [9.17, 15) is 14.9 Å². The highest BCUT2D eigenvalue weighted by molar-refractivity contribution is 5.92. The van der Waals surface area contributed by atoms with Gasteiger partial charge in [0.25, 0.3) is 5.69 Å². The molecule has 112 valence electrons. The third kappa shape index (κ3) is 5.02. The number of nitro groups is 1. The number of carbonyl (C=O) groups is 1. The number of hydrogen-bond donors (Lipinski definition) is 1. The molecular formula is C16H20N2O3. The lowest BCUT2D eigenvalue weighted by Crippen LogP contribution is -2.33. The number of amides is 1. The lowest BCUT2D eigenvalue weighted by atomic mass is 10.1. The van der Waals surface area contributed by atoms with Crippen molar-refractivity contribution in [3.05, 3.63) is 46.0 Å². The molecule has 1 amide bonds. The van der Waals surface area contributed by atoms with E-state index in [4.69, 9.17) is 0 Å². The molecule has 0 aromatic heterocycles. The van der Waals surface area contributed by atoms with Crippen LogP contribution in [0.3, 0.4) is 0 Å². The van der Waals surface area contributed by atoms with Crippen LogP contribution in [-0.4, -0.2) is 16.9 Å². The number of non-ortho nitro benzene ring substituents is 1. The van der Waals surface area contributed by atoms with Crippen molar-refractivity contribution in [2.24, 2.45) is 0 Å². The van der Waals surface area contributed by atoms with Crippen LogP contribution in [0.25, 0.3) is 6.08 Å². The molecule has 2 rings (SSSR count). The van der Waals surface area contributed by atoms with E-state index in [0.29, 0.717) is 5.56 Å². The third-order valence-electron chi connectivity index (χ3n) is 3.71. The molecule has 5 nitrogen and oxygen atoms in total. The van der Waals surface area contributed by atoms with Gasteiger partial charge in [-0.3, -0.25) is 14.9 Å². The maximum absolute atomic E-state index is 11.9. The van der Waals surface area contributed by atoms with Crippen molar-refractivity contribution >= 4 is 17.7 Å². The van der Waals surface area contributed by atoms with Crippen LogP contribution in [0.2, 0.25) is 0 Å². The maximum Gasteiger partial charge on any atom is 0.270 e. The average molecular weight is 288 g/mol. The van der Waals surface area contributed by atoms with Crippen molar-refractivity contribution in [2.75, 3.05) is 0 Å². The van der Waals surface area contributed by atoms with E-state index in [2.05, 4.69) is 5.32 Å². The van der Waals surface area contributed by atoms with Crippen LogP contribution in [0.1, 0.15) is 44.1 Å². The molecule has 0 radical (unpaired) electrons. The molecule has 0 saturated heterocycles. The summed E-state index contributed by atoms with van der Waals surface area (Å²) < 4.78 is 0. The second-order valence-corrected chi connectivity index (χ2v) is 5.38. The van der Waals surface area contributed by atoms with E-state index in [1.807, 2.05) is 0 Å². The number of nitrogens with zero attached hydrogens (tertiary/aromatic N) is 1. The number of carbonyl (C=O) groups excluding carboxylic acids is 1. The molecule has 1 saturated carbocycles. The van der Waals surface area contributed by atoms with E-state index >= 15 is 0 Å². The van der Waals surface area contributed by atoms with Gasteiger partial charge in [-0.25, -0.2) is 0 Å². The van der Waals surface area contributed by atoms with Crippen LogP contribution in [-0.2, 0) is 4.79 Å². The van der Waals surface area contributed by atoms with Gasteiger partial charge in [0, 0.05) is 24.3 Å². The van der Waals surface area contributed by atoms with Crippen LogP contribution < -0.4 is 5.32 Å². The van der Waals surface area contributed by atoms with E-state index < -0.39 is 4.92 Å². The first-order valence-corrected chi connectivity index (χ1v) is 7.38. The minimum Gasteiger partial charge on any atom is -0.350 e. The fraction of sp³-hybridized carbons (Fsp3) is 0.438. The predicted molar refractivity (Wildman–Crippen MR) is 81.8 cm³/mol. The molecule has 1 aromatic rings. The van der Waals surface area contributed by atoms with Crippen molar-refractivity contribution in [2.45, 2.75) is 44.6 Å². The Morgan fingerprint density at radius 3 is 2.62 bits per heavy atom. The summed E-state index contributed by atoms with van der Waals surface area (Å²) in [5.41, 5.74) is 0.682. The molecule has 5 heteroatoms. The first-order chi connectivity index (χ1) is 10.1. The molecule has 0 spiro atoms. The summed E-state index contributed by atoms with van der Waals surface area (Å²) in [4.78, 5) is 22.1. The Morgan fingerprint density at radius 1 is 1.24 bits per heavy atom. The van der Waals surface area contributed by atoms with Gasteiger partial charge in [-0.2, -0.15) is 0 Å². The molecule has 0 atom stereocenters. The summed E-state index contributed by atoms with van der Waals surface area (Å²) in [6.07, 6.45) is 9.96. The van der Waals surface area contributed by atoms with E-state index in [-0.39, 0.29) is 17.6 Å². The van der Waals surface area contributed by atoms with Gasteiger partial charge in [0.05, 0.1) is 4.92 Å². The van der Waals surface area contributed by atoms with Crippen LogP contribution in [0.15, 0.2) is 30.3 Å². The average Bonchev–Trinajstić information content (AvgIpc) is 2.74. The Bertz CT molecular complexity index is 532. The highest BCUT2D eigenvalue weighted by Crippen LogP contribution is 2.17. The smallest absolute Gasteiger partial charge is 0.270 e. The minimum atomic E-state index is -0.442. The molecule has 1 aliphatic carbocycles. The van der Waals surface area contributed by atoms with Gasteiger partial charge < -0.3 is 5.32 Å². The molecular weight excluding hydrogens is 268 g/mol. The first-order valence-electron chi connectivity index (χ1n) is 7.38. The molecule has 0 aliphatic heterocycles. The first kappa shape index (κ1) is 15.2. The van der Waals surface area contributed by atoms with Crippen LogP contribution in [0.4, 0.5) is 5.69 Å². The van der Waals surface area contributed by atoms with Crippen molar-refractivity contribution < 1.29 is 9.72 Å². The standard InChI is InChI=1S/C16H20N2O3/c19-16(17-14-7-3-1-2-4-8-14)11-10-13-6-5-9-15(12-13)18(20)21/h5-6,9-12,14H,1-4,7-8H2,(H,17,19). The highest BCUT2D eigenvalue weighted by Gasteiger charge is 2.13. The Balaban J connectivity index is 1.92. The Hall–Kier alpha value is -2.17. The zero-order valence-corrected chi connectivity index (χ0v) is 12.0. The zero-order chi connectivity index (χ0) is 15.1. The number of hydrogen-bond acceptors (Lipinski definition) is 3. The lowest BCUT2D eigenvalue weighted by molar-refractivity contribution is -0.384. The molecule has 0 heterocycles. The largest absolute Gasteiger partial charge is 0.350 e. The topological polar surface area (TPSA) is 72.2 Å². The van der Waals surface area contributed by atoms with Gasteiger partial charge in [0.2, 0.25) is 5.91 Å². The molecule has 1 aliphatic rings. The van der Waals surface area contributed by atoms with Gasteiger partial charge in [-0.05, 0) is 24.5 Å². The molecule has 1 fully saturated rings. The number of benzene rings is 1. The number of nitro benzene ring substituents is 1. The summed E-state index contributed by atoms with van der Waals surface area (Å²) in [5, 5.41) is 13.7. The van der Waals surface area contributed by atoms with Crippen molar-refractivity contribution in [3.8, 4) is 0 Å². The quantitative estimate of drug-likeness (QED) is 0.399. The van der Waals surface area contributed by atoms with E-state index in [1.54, 1.807) is 18.2 Å². The van der Waals surface area contributed by atoms with Crippen molar-refractivity contribution in [1.82, 2.24) is 5.32 Å². The summed E-state index contributed by atoms with van der Waals surface area (Å²) in [5.74, 6) is -0.131. The molecule has 0 bridgehead atoms.